The largest absolute Gasteiger partial charge is 0.351 e. The molecule has 5 rings (SSSR count). The van der Waals surface area contributed by atoms with Gasteiger partial charge in [0.05, 0.1) is 17.8 Å². The van der Waals surface area contributed by atoms with Crippen LogP contribution >= 0.6 is 12.2 Å². The second kappa shape index (κ2) is 8.83. The first kappa shape index (κ1) is 21.4. The highest BCUT2D eigenvalue weighted by atomic mass is 32.1. The molecule has 4 aromatic rings. The van der Waals surface area contributed by atoms with Crippen LogP contribution in [0.15, 0.2) is 85.1 Å². The fourth-order valence-corrected chi connectivity index (χ4v) is 5.14. The van der Waals surface area contributed by atoms with E-state index >= 15 is 0 Å². The van der Waals surface area contributed by atoms with Crippen LogP contribution in [-0.4, -0.2) is 14.7 Å². The van der Waals surface area contributed by atoms with E-state index in [1.54, 1.807) is 0 Å². The molecule has 2 atom stereocenters. The molecule has 1 saturated heterocycles. The van der Waals surface area contributed by atoms with Crippen molar-refractivity contribution in [2.45, 2.75) is 39.4 Å². The van der Waals surface area contributed by atoms with Gasteiger partial charge < -0.3 is 14.8 Å². The molecule has 2 unspecified atom stereocenters. The number of hydrogen-bond donors (Lipinski definition) is 1. The molecule has 1 fully saturated rings. The Labute approximate surface area is 200 Å². The Bertz CT molecular complexity index is 1260. The van der Waals surface area contributed by atoms with Gasteiger partial charge in [-0.05, 0) is 74.4 Å². The average Bonchev–Trinajstić information content (AvgIpc) is 3.32. The van der Waals surface area contributed by atoms with Gasteiger partial charge in [-0.25, -0.2) is 0 Å². The number of thiocarbonyl (C=S) groups is 1. The Balaban J connectivity index is 1.62. The van der Waals surface area contributed by atoms with Gasteiger partial charge in [0.2, 0.25) is 0 Å². The lowest BCUT2D eigenvalue weighted by atomic mass is 9.96. The average molecular weight is 453 g/mol. The third-order valence-corrected chi connectivity index (χ3v) is 6.84. The number of pyridine rings is 1. The molecule has 0 amide bonds. The normalized spacial score (nSPS) is 17.9. The van der Waals surface area contributed by atoms with Gasteiger partial charge in [-0.3, -0.25) is 4.98 Å². The first-order valence-electron chi connectivity index (χ1n) is 11.3. The van der Waals surface area contributed by atoms with Gasteiger partial charge in [0, 0.05) is 29.8 Å². The predicted octanol–water partition coefficient (Wildman–Crippen LogP) is 6.03. The summed E-state index contributed by atoms with van der Waals surface area (Å²) in [7, 11) is 0. The van der Waals surface area contributed by atoms with Crippen molar-refractivity contribution in [3.05, 3.63) is 119 Å². The summed E-state index contributed by atoms with van der Waals surface area (Å²) < 4.78 is 2.40. The number of aryl methyl sites for hydroxylation is 2. The van der Waals surface area contributed by atoms with Gasteiger partial charge in [-0.1, -0.05) is 54.1 Å². The van der Waals surface area contributed by atoms with Crippen molar-refractivity contribution in [3.8, 4) is 0 Å². The number of anilines is 1. The van der Waals surface area contributed by atoms with Crippen LogP contribution in [0.4, 0.5) is 5.69 Å². The fraction of sp³-hybridized carbons (Fsp3) is 0.214. The monoisotopic (exact) mass is 452 g/mol. The third-order valence-electron chi connectivity index (χ3n) is 6.53. The van der Waals surface area contributed by atoms with Gasteiger partial charge in [0.15, 0.2) is 5.11 Å². The van der Waals surface area contributed by atoms with E-state index in [0.29, 0.717) is 0 Å². The molecule has 4 nitrogen and oxygen atoms in total. The Morgan fingerprint density at radius 2 is 1.64 bits per heavy atom. The molecule has 3 heterocycles. The number of nitrogens with zero attached hydrogens (tertiary/aromatic N) is 3. The van der Waals surface area contributed by atoms with Crippen molar-refractivity contribution in [1.82, 2.24) is 14.9 Å². The van der Waals surface area contributed by atoms with Gasteiger partial charge in [-0.15, -0.1) is 0 Å². The minimum atomic E-state index is -0.0364. The number of benzene rings is 2. The Morgan fingerprint density at radius 1 is 0.909 bits per heavy atom. The highest BCUT2D eigenvalue weighted by molar-refractivity contribution is 7.80. The topological polar surface area (TPSA) is 33.1 Å². The zero-order valence-corrected chi connectivity index (χ0v) is 20.0. The smallest absolute Gasteiger partial charge is 0.174 e. The van der Waals surface area contributed by atoms with E-state index in [0.717, 1.165) is 23.0 Å². The van der Waals surface area contributed by atoms with Crippen molar-refractivity contribution in [3.63, 3.8) is 0 Å². The zero-order valence-electron chi connectivity index (χ0n) is 19.2. The summed E-state index contributed by atoms with van der Waals surface area (Å²) in [5.74, 6) is 0. The molecule has 2 aromatic heterocycles. The van der Waals surface area contributed by atoms with Gasteiger partial charge in [0.1, 0.15) is 0 Å². The summed E-state index contributed by atoms with van der Waals surface area (Å²) in [5.41, 5.74) is 8.38. The van der Waals surface area contributed by atoms with E-state index in [1.165, 1.54) is 28.1 Å². The summed E-state index contributed by atoms with van der Waals surface area (Å²) in [6.45, 7) is 7.36. The molecule has 1 N–H and O–H groups in total. The molecule has 1 aliphatic rings. The van der Waals surface area contributed by atoms with Crippen molar-refractivity contribution < 1.29 is 0 Å². The summed E-state index contributed by atoms with van der Waals surface area (Å²) in [6, 6.07) is 27.6. The van der Waals surface area contributed by atoms with Crippen molar-refractivity contribution in [1.29, 1.82) is 0 Å². The van der Waals surface area contributed by atoms with Crippen molar-refractivity contribution in [2.75, 3.05) is 4.90 Å². The molecule has 0 saturated carbocycles. The number of aromatic nitrogens is 2. The maximum absolute atomic E-state index is 5.88. The second-order valence-electron chi connectivity index (χ2n) is 8.73. The van der Waals surface area contributed by atoms with E-state index in [1.807, 2.05) is 18.3 Å². The van der Waals surface area contributed by atoms with E-state index in [2.05, 4.69) is 107 Å². The van der Waals surface area contributed by atoms with E-state index in [9.17, 15) is 0 Å². The maximum atomic E-state index is 5.88. The summed E-state index contributed by atoms with van der Waals surface area (Å²) in [4.78, 5) is 6.94. The predicted molar refractivity (Wildman–Crippen MR) is 139 cm³/mol. The molecule has 0 radical (unpaired) electrons. The Kier molecular flexibility index (Phi) is 5.73. The van der Waals surface area contributed by atoms with Crippen LogP contribution in [0.5, 0.6) is 0 Å². The van der Waals surface area contributed by atoms with Crippen LogP contribution in [0.2, 0.25) is 0 Å². The van der Waals surface area contributed by atoms with E-state index in [4.69, 9.17) is 12.2 Å². The van der Waals surface area contributed by atoms with Crippen molar-refractivity contribution in [2.24, 2.45) is 0 Å². The van der Waals surface area contributed by atoms with E-state index in [-0.39, 0.29) is 12.1 Å². The molecular formula is C28H28N4S. The third kappa shape index (κ3) is 4.05. The molecule has 0 spiro atoms. The van der Waals surface area contributed by atoms with Gasteiger partial charge in [-0.2, -0.15) is 0 Å². The molecule has 166 valence electrons. The molecule has 0 aliphatic carbocycles. The lowest BCUT2D eigenvalue weighted by Crippen LogP contribution is -2.29. The number of nitrogens with one attached hydrogen (secondary N) is 1. The zero-order chi connectivity index (χ0) is 22.9. The Hall–Kier alpha value is -3.44. The summed E-state index contributed by atoms with van der Waals surface area (Å²) in [5, 5.41) is 4.30. The van der Waals surface area contributed by atoms with E-state index < -0.39 is 0 Å². The lowest BCUT2D eigenvalue weighted by Gasteiger charge is -2.28. The van der Waals surface area contributed by atoms with Crippen LogP contribution in [-0.2, 0) is 6.54 Å². The summed E-state index contributed by atoms with van der Waals surface area (Å²) in [6.07, 6.45) is 1.85. The molecular weight excluding hydrogens is 424 g/mol. The second-order valence-corrected chi connectivity index (χ2v) is 9.12. The number of rotatable bonds is 5. The fourth-order valence-electron chi connectivity index (χ4n) is 4.79. The maximum Gasteiger partial charge on any atom is 0.174 e. The van der Waals surface area contributed by atoms with Crippen molar-refractivity contribution >= 4 is 23.0 Å². The number of hydrogen-bond acceptors (Lipinski definition) is 2. The molecule has 33 heavy (non-hydrogen) atoms. The van der Waals surface area contributed by atoms with Gasteiger partial charge in [0.25, 0.3) is 0 Å². The molecule has 1 aliphatic heterocycles. The minimum Gasteiger partial charge on any atom is -0.351 e. The first-order chi connectivity index (χ1) is 16.0. The Morgan fingerprint density at radius 3 is 2.33 bits per heavy atom. The van der Waals surface area contributed by atoms with Crippen LogP contribution in [0.25, 0.3) is 0 Å². The van der Waals surface area contributed by atoms with Gasteiger partial charge >= 0.3 is 0 Å². The molecule has 5 heteroatoms. The summed E-state index contributed by atoms with van der Waals surface area (Å²) >= 11 is 5.88. The molecule has 2 aromatic carbocycles. The SMILES string of the molecule is Cc1ccc(N2C(=S)NC(c3ccccn3)C2c2cc(C)n(Cc3ccccc3)c2C)cc1. The highest BCUT2D eigenvalue weighted by Gasteiger charge is 2.42. The highest BCUT2D eigenvalue weighted by Crippen LogP contribution is 2.43. The van der Waals surface area contributed by atoms with Crippen LogP contribution in [0, 0.1) is 20.8 Å². The first-order valence-corrected chi connectivity index (χ1v) is 11.7. The lowest BCUT2D eigenvalue weighted by molar-refractivity contribution is 0.563. The van der Waals surface area contributed by atoms with Crippen LogP contribution < -0.4 is 10.2 Å². The minimum absolute atomic E-state index is 0.00540. The standard InChI is InChI=1S/C28H28N4S/c1-19-12-14-23(15-13-19)32-27(26(30-28(32)33)25-11-7-8-16-29-25)24-17-20(2)31(21(24)3)18-22-9-5-4-6-10-22/h4-17,26-27H,18H2,1-3H3,(H,30,33). The van der Waals surface area contributed by atoms with Crippen LogP contribution in [0.3, 0.4) is 0 Å². The molecule has 0 bridgehead atoms. The quantitative estimate of drug-likeness (QED) is 0.375. The van der Waals surface area contributed by atoms with Crippen LogP contribution in [0.1, 0.15) is 45.9 Å².